The molecule has 1 amide bonds. The first-order valence-electron chi connectivity index (χ1n) is 5.53. The van der Waals surface area contributed by atoms with Crippen LogP contribution in [0.4, 0.5) is 13.2 Å². The maximum Gasteiger partial charge on any atom is 0.257 e. The topological polar surface area (TPSA) is 40.5 Å². The van der Waals surface area contributed by atoms with Crippen LogP contribution in [0.3, 0.4) is 0 Å². The minimum atomic E-state index is -1.66. The molecule has 1 aromatic rings. The van der Waals surface area contributed by atoms with Crippen LogP contribution in [0.5, 0.6) is 0 Å². The Morgan fingerprint density at radius 3 is 2.50 bits per heavy atom. The zero-order chi connectivity index (χ0) is 13.5. The van der Waals surface area contributed by atoms with Crippen molar-refractivity contribution in [3.63, 3.8) is 0 Å². The van der Waals surface area contributed by atoms with Gasteiger partial charge in [-0.3, -0.25) is 4.79 Å². The highest BCUT2D eigenvalue weighted by Crippen LogP contribution is 2.27. The number of nitrogens with zero attached hydrogens (tertiary/aromatic N) is 1. The van der Waals surface area contributed by atoms with Gasteiger partial charge >= 0.3 is 0 Å². The minimum Gasteiger partial charge on any atom is -0.386 e. The molecule has 1 heterocycles. The average Bonchev–Trinajstić information content (AvgIpc) is 2.31. The summed E-state index contributed by atoms with van der Waals surface area (Å²) in [7, 11) is 0. The first kappa shape index (κ1) is 12.9. The smallest absolute Gasteiger partial charge is 0.257 e. The Bertz CT molecular complexity index is 498. The summed E-state index contributed by atoms with van der Waals surface area (Å²) >= 11 is 0. The van der Waals surface area contributed by atoms with E-state index in [0.29, 0.717) is 12.5 Å². The van der Waals surface area contributed by atoms with Gasteiger partial charge in [0.1, 0.15) is 0 Å². The predicted molar refractivity (Wildman–Crippen MR) is 57.5 cm³/mol. The number of carbonyl (C=O) groups is 1. The summed E-state index contributed by atoms with van der Waals surface area (Å²) in [4.78, 5) is 13.0. The molecule has 1 N–H and O–H groups in total. The summed E-state index contributed by atoms with van der Waals surface area (Å²) in [5.74, 6) is -5.23. The molecule has 0 atom stereocenters. The number of benzene rings is 1. The van der Waals surface area contributed by atoms with Crippen LogP contribution < -0.4 is 0 Å². The Morgan fingerprint density at radius 1 is 1.33 bits per heavy atom. The molecular formula is C12H12F3NO2. The van der Waals surface area contributed by atoms with E-state index < -0.39 is 34.5 Å². The largest absolute Gasteiger partial charge is 0.386 e. The highest BCUT2D eigenvalue weighted by molar-refractivity contribution is 5.95. The van der Waals surface area contributed by atoms with E-state index in [2.05, 4.69) is 0 Å². The number of aliphatic hydroxyl groups is 1. The second-order valence-electron chi connectivity index (χ2n) is 4.46. The van der Waals surface area contributed by atoms with E-state index in [0.717, 1.165) is 6.07 Å². The third-order valence-corrected chi connectivity index (χ3v) is 3.18. The molecule has 0 bridgehead atoms. The minimum absolute atomic E-state index is 0.0702. The van der Waals surface area contributed by atoms with E-state index in [1.165, 1.54) is 4.90 Å². The molecule has 0 spiro atoms. The fourth-order valence-electron chi connectivity index (χ4n) is 1.89. The van der Waals surface area contributed by atoms with Gasteiger partial charge in [0.15, 0.2) is 17.5 Å². The predicted octanol–water partition coefficient (Wildman–Crippen LogP) is 1.70. The van der Waals surface area contributed by atoms with Crippen LogP contribution >= 0.6 is 0 Å². The van der Waals surface area contributed by atoms with Crippen LogP contribution in [0, 0.1) is 17.5 Å². The molecule has 0 saturated carbocycles. The van der Waals surface area contributed by atoms with Gasteiger partial charge in [0.25, 0.3) is 5.91 Å². The second-order valence-corrected chi connectivity index (χ2v) is 4.46. The van der Waals surface area contributed by atoms with Gasteiger partial charge in [0, 0.05) is 0 Å². The van der Waals surface area contributed by atoms with Gasteiger partial charge in [-0.2, -0.15) is 0 Å². The van der Waals surface area contributed by atoms with Gasteiger partial charge < -0.3 is 10.0 Å². The Balaban J connectivity index is 2.19. The molecule has 1 fully saturated rings. The number of hydrogen-bond acceptors (Lipinski definition) is 2. The molecule has 0 unspecified atom stereocenters. The monoisotopic (exact) mass is 259 g/mol. The highest BCUT2D eigenvalue weighted by Gasteiger charge is 2.42. The fourth-order valence-corrected chi connectivity index (χ4v) is 1.89. The molecule has 2 rings (SSSR count). The molecule has 1 aromatic carbocycles. The SMILES string of the molecule is CCC1(O)CN(C(=O)c2ccc(F)c(F)c2F)C1. The summed E-state index contributed by atoms with van der Waals surface area (Å²) in [6.07, 6.45) is 0.469. The zero-order valence-electron chi connectivity index (χ0n) is 9.71. The van der Waals surface area contributed by atoms with Crippen molar-refractivity contribution in [2.75, 3.05) is 13.1 Å². The lowest BCUT2D eigenvalue weighted by Crippen LogP contribution is -2.63. The van der Waals surface area contributed by atoms with Crippen molar-refractivity contribution in [1.82, 2.24) is 4.90 Å². The molecule has 0 radical (unpaired) electrons. The van der Waals surface area contributed by atoms with Crippen molar-refractivity contribution in [2.24, 2.45) is 0 Å². The molecule has 0 aliphatic carbocycles. The van der Waals surface area contributed by atoms with Crippen LogP contribution in [-0.2, 0) is 0 Å². The standard InChI is InChI=1S/C12H12F3NO2/c1-2-12(18)5-16(6-12)11(17)7-3-4-8(13)10(15)9(7)14/h3-4,18H,2,5-6H2,1H3. The zero-order valence-corrected chi connectivity index (χ0v) is 9.71. The second kappa shape index (κ2) is 4.28. The molecule has 3 nitrogen and oxygen atoms in total. The van der Waals surface area contributed by atoms with Gasteiger partial charge in [-0.1, -0.05) is 6.92 Å². The summed E-state index contributed by atoms with van der Waals surface area (Å²) in [6.45, 7) is 1.90. The molecule has 18 heavy (non-hydrogen) atoms. The maximum atomic E-state index is 13.4. The van der Waals surface area contributed by atoms with Crippen molar-refractivity contribution >= 4 is 5.91 Å². The Morgan fingerprint density at radius 2 is 1.94 bits per heavy atom. The first-order chi connectivity index (χ1) is 8.38. The van der Waals surface area contributed by atoms with Crippen molar-refractivity contribution in [1.29, 1.82) is 0 Å². The van der Waals surface area contributed by atoms with Crippen LogP contribution in [0.1, 0.15) is 23.7 Å². The number of hydrogen-bond donors (Lipinski definition) is 1. The van der Waals surface area contributed by atoms with Crippen molar-refractivity contribution in [3.8, 4) is 0 Å². The molecule has 0 aromatic heterocycles. The van der Waals surface area contributed by atoms with Gasteiger partial charge in [0.2, 0.25) is 0 Å². The lowest BCUT2D eigenvalue weighted by molar-refractivity contribution is -0.0828. The van der Waals surface area contributed by atoms with E-state index in [1.54, 1.807) is 6.92 Å². The summed E-state index contributed by atoms with van der Waals surface area (Å²) in [5, 5.41) is 9.73. The van der Waals surface area contributed by atoms with Crippen LogP contribution in [0.2, 0.25) is 0 Å². The number of β-amino-alcohol motifs (C(OH)–C–C–N with tert-alkyl or cyclic N) is 1. The lowest BCUT2D eigenvalue weighted by atomic mass is 9.90. The van der Waals surface area contributed by atoms with Crippen LogP contribution in [0.15, 0.2) is 12.1 Å². The van der Waals surface area contributed by atoms with Gasteiger partial charge in [-0.15, -0.1) is 0 Å². The van der Waals surface area contributed by atoms with E-state index in [4.69, 9.17) is 0 Å². The molecule has 1 aliphatic heterocycles. The van der Waals surface area contributed by atoms with Gasteiger partial charge in [-0.05, 0) is 18.6 Å². The van der Waals surface area contributed by atoms with E-state index in [-0.39, 0.29) is 13.1 Å². The highest BCUT2D eigenvalue weighted by atomic mass is 19.2. The summed E-state index contributed by atoms with van der Waals surface area (Å²) < 4.78 is 39.1. The van der Waals surface area contributed by atoms with E-state index in [1.807, 2.05) is 0 Å². The third kappa shape index (κ3) is 1.96. The first-order valence-corrected chi connectivity index (χ1v) is 5.53. The van der Waals surface area contributed by atoms with Gasteiger partial charge in [0.05, 0.1) is 24.3 Å². The van der Waals surface area contributed by atoms with Crippen LogP contribution in [0.25, 0.3) is 0 Å². The molecule has 1 aliphatic rings. The normalized spacial score (nSPS) is 17.5. The average molecular weight is 259 g/mol. The van der Waals surface area contributed by atoms with Gasteiger partial charge in [-0.25, -0.2) is 13.2 Å². The number of likely N-dealkylation sites (tertiary alicyclic amines) is 1. The Labute approximate surface area is 102 Å². The van der Waals surface area contributed by atoms with Crippen molar-refractivity contribution < 1.29 is 23.1 Å². The third-order valence-electron chi connectivity index (χ3n) is 3.18. The lowest BCUT2D eigenvalue weighted by Gasteiger charge is -2.46. The molecule has 6 heteroatoms. The molecule has 1 saturated heterocycles. The number of halogens is 3. The van der Waals surface area contributed by atoms with E-state index in [9.17, 15) is 23.1 Å². The Hall–Kier alpha value is -1.56. The summed E-state index contributed by atoms with van der Waals surface area (Å²) in [5.41, 5.74) is -1.47. The number of rotatable bonds is 2. The van der Waals surface area contributed by atoms with Crippen LogP contribution in [-0.4, -0.2) is 34.6 Å². The van der Waals surface area contributed by atoms with Crippen molar-refractivity contribution in [2.45, 2.75) is 18.9 Å². The molecule has 98 valence electrons. The number of carbonyl (C=O) groups excluding carboxylic acids is 1. The maximum absolute atomic E-state index is 13.4. The van der Waals surface area contributed by atoms with Crippen molar-refractivity contribution in [3.05, 3.63) is 35.1 Å². The fraction of sp³-hybridized carbons (Fsp3) is 0.417. The number of amides is 1. The Kier molecular flexibility index (Phi) is 3.06. The quantitative estimate of drug-likeness (QED) is 0.821. The molecular weight excluding hydrogens is 247 g/mol. The summed E-state index contributed by atoms with van der Waals surface area (Å²) in [6, 6.07) is 1.61. The van der Waals surface area contributed by atoms with E-state index >= 15 is 0 Å².